The minimum absolute atomic E-state index is 0.0537. The molecule has 0 bridgehead atoms. The molecule has 1 atom stereocenters. The molecule has 2 N–H and O–H groups in total. The van der Waals surface area contributed by atoms with E-state index in [0.717, 1.165) is 35.3 Å². The summed E-state index contributed by atoms with van der Waals surface area (Å²) in [4.78, 5) is 15.7. The Kier molecular flexibility index (Phi) is 9.46. The van der Waals surface area contributed by atoms with Crippen LogP contribution in [0.3, 0.4) is 0 Å². The Bertz CT molecular complexity index is 1580. The monoisotopic (exact) mass is 603 g/mol. The first-order valence-electron chi connectivity index (χ1n) is 14.7. The fraction of sp³-hybridized carbons (Fsp3) is 0.353. The summed E-state index contributed by atoms with van der Waals surface area (Å²) in [7, 11) is 3.21. The molecule has 1 aromatic heterocycles. The standard InChI is InChI=1S/C34H38ClN3O5/c1-5-6-7-8-17-43-24-12-10-23(11-13-24)33-30-31(25-20-26(35)21(2)18-27(25)39)36-37-32(30)34(40)38(33)16-15-22-9-14-28(41-3)29(19-22)42-4/h9-14,18-20,33,39H,5-8,15-17H2,1-4H3,(H,36,37). The van der Waals surface area contributed by atoms with Crippen molar-refractivity contribution in [3.05, 3.63) is 87.6 Å². The third-order valence-electron chi connectivity index (χ3n) is 7.95. The number of carbonyl (C=O) groups is 1. The van der Waals surface area contributed by atoms with Crippen molar-refractivity contribution in [1.29, 1.82) is 0 Å². The van der Waals surface area contributed by atoms with Gasteiger partial charge < -0.3 is 24.2 Å². The van der Waals surface area contributed by atoms with Gasteiger partial charge in [-0.2, -0.15) is 5.10 Å². The van der Waals surface area contributed by atoms with Gasteiger partial charge in [0.05, 0.1) is 26.9 Å². The van der Waals surface area contributed by atoms with Crippen LogP contribution in [0.4, 0.5) is 0 Å². The average Bonchev–Trinajstić information content (AvgIpc) is 3.56. The number of aromatic hydroxyl groups is 1. The van der Waals surface area contributed by atoms with E-state index >= 15 is 0 Å². The summed E-state index contributed by atoms with van der Waals surface area (Å²) in [6.07, 6.45) is 5.14. The summed E-state index contributed by atoms with van der Waals surface area (Å²) < 4.78 is 16.9. The van der Waals surface area contributed by atoms with Crippen LogP contribution in [0, 0.1) is 6.92 Å². The number of nitrogens with zero attached hydrogens (tertiary/aromatic N) is 2. The van der Waals surface area contributed by atoms with Crippen molar-refractivity contribution < 1.29 is 24.1 Å². The van der Waals surface area contributed by atoms with E-state index in [4.69, 9.17) is 25.8 Å². The number of phenols is 1. The Morgan fingerprint density at radius 1 is 1.00 bits per heavy atom. The van der Waals surface area contributed by atoms with Gasteiger partial charge in [0.25, 0.3) is 5.91 Å². The maximum Gasteiger partial charge on any atom is 0.273 e. The largest absolute Gasteiger partial charge is 0.507 e. The smallest absolute Gasteiger partial charge is 0.273 e. The number of unbranched alkanes of at least 4 members (excludes halogenated alkanes) is 3. The predicted octanol–water partition coefficient (Wildman–Crippen LogP) is 7.51. The molecule has 1 aliphatic heterocycles. The molecule has 1 amide bonds. The molecule has 0 aliphatic carbocycles. The minimum atomic E-state index is -0.436. The molecule has 5 rings (SSSR count). The zero-order valence-corrected chi connectivity index (χ0v) is 25.8. The topological polar surface area (TPSA) is 96.9 Å². The Morgan fingerprint density at radius 2 is 1.77 bits per heavy atom. The van der Waals surface area contributed by atoms with Gasteiger partial charge >= 0.3 is 0 Å². The maximum absolute atomic E-state index is 13.9. The van der Waals surface area contributed by atoms with Crippen LogP contribution in [-0.2, 0) is 6.42 Å². The fourth-order valence-corrected chi connectivity index (χ4v) is 5.75. The van der Waals surface area contributed by atoms with Crippen LogP contribution < -0.4 is 14.2 Å². The number of nitrogens with one attached hydrogen (secondary N) is 1. The number of phenolic OH excluding ortho intramolecular Hbond substituents is 1. The number of aromatic nitrogens is 2. The average molecular weight is 604 g/mol. The SMILES string of the molecule is CCCCCCOc1ccc(C2c3c(-c4cc(Cl)c(C)cc4O)n[nH]c3C(=O)N2CCc2ccc(OC)c(OC)c2)cc1. The number of halogens is 1. The van der Waals surface area contributed by atoms with Gasteiger partial charge in [-0.1, -0.05) is 56.0 Å². The normalized spacial score (nSPS) is 14.2. The molecule has 8 nitrogen and oxygen atoms in total. The van der Waals surface area contributed by atoms with E-state index in [0.29, 0.717) is 58.6 Å². The molecular weight excluding hydrogens is 566 g/mol. The number of methoxy groups -OCH3 is 2. The highest BCUT2D eigenvalue weighted by molar-refractivity contribution is 6.31. The molecule has 1 unspecified atom stereocenters. The third-order valence-corrected chi connectivity index (χ3v) is 8.35. The Balaban J connectivity index is 1.48. The van der Waals surface area contributed by atoms with Crippen LogP contribution >= 0.6 is 11.6 Å². The number of rotatable bonds is 13. The lowest BCUT2D eigenvalue weighted by Crippen LogP contribution is -2.31. The van der Waals surface area contributed by atoms with Gasteiger partial charge in [-0.3, -0.25) is 9.89 Å². The highest BCUT2D eigenvalue weighted by Gasteiger charge is 2.42. The fourth-order valence-electron chi connectivity index (χ4n) is 5.59. The van der Waals surface area contributed by atoms with Crippen molar-refractivity contribution in [2.24, 2.45) is 0 Å². The highest BCUT2D eigenvalue weighted by Crippen LogP contribution is 2.45. The summed E-state index contributed by atoms with van der Waals surface area (Å²) in [6.45, 7) is 5.13. The van der Waals surface area contributed by atoms with Crippen molar-refractivity contribution in [3.8, 4) is 34.3 Å². The van der Waals surface area contributed by atoms with Crippen molar-refractivity contribution >= 4 is 17.5 Å². The van der Waals surface area contributed by atoms with E-state index < -0.39 is 6.04 Å². The van der Waals surface area contributed by atoms with E-state index in [1.54, 1.807) is 26.4 Å². The maximum atomic E-state index is 13.9. The number of carbonyl (C=O) groups excluding carboxylic acids is 1. The van der Waals surface area contributed by atoms with E-state index in [-0.39, 0.29) is 11.7 Å². The zero-order valence-electron chi connectivity index (χ0n) is 25.1. The number of amides is 1. The lowest BCUT2D eigenvalue weighted by atomic mass is 9.95. The van der Waals surface area contributed by atoms with Gasteiger partial charge in [-0.25, -0.2) is 0 Å². The van der Waals surface area contributed by atoms with Crippen LogP contribution in [0.25, 0.3) is 11.3 Å². The minimum Gasteiger partial charge on any atom is -0.507 e. The number of aryl methyl sites for hydroxylation is 1. The first-order valence-corrected chi connectivity index (χ1v) is 15.1. The molecule has 3 aromatic carbocycles. The summed E-state index contributed by atoms with van der Waals surface area (Å²) in [6, 6.07) is 16.5. The number of aromatic amines is 1. The van der Waals surface area contributed by atoms with Gasteiger partial charge in [-0.05, 0) is 72.9 Å². The molecule has 1 aliphatic rings. The quantitative estimate of drug-likeness (QED) is 0.154. The van der Waals surface area contributed by atoms with Gasteiger partial charge in [0.15, 0.2) is 11.5 Å². The van der Waals surface area contributed by atoms with Gasteiger partial charge in [-0.15, -0.1) is 0 Å². The molecule has 2 heterocycles. The number of hydrogen-bond donors (Lipinski definition) is 2. The van der Waals surface area contributed by atoms with Crippen molar-refractivity contribution in [1.82, 2.24) is 15.1 Å². The lowest BCUT2D eigenvalue weighted by Gasteiger charge is -2.27. The molecule has 0 radical (unpaired) electrons. The van der Waals surface area contributed by atoms with E-state index in [1.165, 1.54) is 12.8 Å². The molecule has 9 heteroatoms. The molecule has 0 saturated heterocycles. The lowest BCUT2D eigenvalue weighted by molar-refractivity contribution is 0.0746. The third kappa shape index (κ3) is 6.30. The summed E-state index contributed by atoms with van der Waals surface area (Å²) in [5.41, 5.74) is 4.76. The van der Waals surface area contributed by atoms with Crippen LogP contribution in [0.15, 0.2) is 54.6 Å². The van der Waals surface area contributed by atoms with Crippen molar-refractivity contribution in [3.63, 3.8) is 0 Å². The number of hydrogen-bond acceptors (Lipinski definition) is 6. The number of H-pyrrole nitrogens is 1. The first kappa shape index (κ1) is 30.3. The van der Waals surface area contributed by atoms with Crippen molar-refractivity contribution in [2.45, 2.75) is 52.0 Å². The molecule has 43 heavy (non-hydrogen) atoms. The molecule has 0 spiro atoms. The molecule has 0 saturated carbocycles. The Labute approximate surface area is 257 Å². The first-order chi connectivity index (χ1) is 20.9. The molecule has 4 aromatic rings. The second kappa shape index (κ2) is 13.4. The predicted molar refractivity (Wildman–Crippen MR) is 168 cm³/mol. The summed E-state index contributed by atoms with van der Waals surface area (Å²) in [5, 5.41) is 18.8. The van der Waals surface area contributed by atoms with Crippen molar-refractivity contribution in [2.75, 3.05) is 27.4 Å². The molecule has 226 valence electrons. The number of benzene rings is 3. The Hall–Kier alpha value is -4.17. The summed E-state index contributed by atoms with van der Waals surface area (Å²) in [5.74, 6) is 1.97. The van der Waals surface area contributed by atoms with Crippen LogP contribution in [0.5, 0.6) is 23.0 Å². The van der Waals surface area contributed by atoms with Crippen LogP contribution in [0.1, 0.15) is 71.4 Å². The van der Waals surface area contributed by atoms with E-state index in [2.05, 4.69) is 17.1 Å². The Morgan fingerprint density at radius 3 is 2.49 bits per heavy atom. The van der Waals surface area contributed by atoms with Crippen LogP contribution in [0.2, 0.25) is 5.02 Å². The number of ether oxygens (including phenoxy) is 3. The number of fused-ring (bicyclic) bond motifs is 1. The zero-order chi connectivity index (χ0) is 30.5. The van der Waals surface area contributed by atoms with Gasteiger partial charge in [0.2, 0.25) is 0 Å². The second-order valence-electron chi connectivity index (χ2n) is 10.8. The molecular formula is C34H38ClN3O5. The van der Waals surface area contributed by atoms with E-state index in [1.807, 2.05) is 54.3 Å². The van der Waals surface area contributed by atoms with Crippen LogP contribution in [-0.4, -0.2) is 53.5 Å². The van der Waals surface area contributed by atoms with Gasteiger partial charge in [0, 0.05) is 22.7 Å². The van der Waals surface area contributed by atoms with E-state index in [9.17, 15) is 9.90 Å². The second-order valence-corrected chi connectivity index (χ2v) is 11.2. The van der Waals surface area contributed by atoms with Gasteiger partial charge in [0.1, 0.15) is 22.9 Å². The molecule has 0 fully saturated rings. The summed E-state index contributed by atoms with van der Waals surface area (Å²) >= 11 is 6.46. The highest BCUT2D eigenvalue weighted by atomic mass is 35.5.